The van der Waals surface area contributed by atoms with Crippen LogP contribution in [0.25, 0.3) is 10.9 Å². The first-order valence-corrected chi connectivity index (χ1v) is 7.98. The molecule has 0 aliphatic rings. The van der Waals surface area contributed by atoms with Gasteiger partial charge in [-0.15, -0.1) is 0 Å². The summed E-state index contributed by atoms with van der Waals surface area (Å²) in [5.41, 5.74) is 1.37. The van der Waals surface area contributed by atoms with E-state index in [1.807, 2.05) is 30.3 Å². The van der Waals surface area contributed by atoms with Gasteiger partial charge in [0.2, 0.25) is 0 Å². The van der Waals surface area contributed by atoms with Crippen LogP contribution in [0.3, 0.4) is 0 Å². The van der Waals surface area contributed by atoms with Crippen LogP contribution in [0.2, 0.25) is 5.02 Å². The molecule has 124 valence electrons. The van der Waals surface area contributed by atoms with Crippen molar-refractivity contribution in [2.75, 3.05) is 5.32 Å². The maximum Gasteiger partial charge on any atom is 0.291 e. The molecule has 0 spiro atoms. The summed E-state index contributed by atoms with van der Waals surface area (Å²) in [5.74, 6) is 0.505. The van der Waals surface area contributed by atoms with Gasteiger partial charge >= 0.3 is 0 Å². The summed E-state index contributed by atoms with van der Waals surface area (Å²) in [4.78, 5) is 16.8. The topological polar surface area (TPSA) is 73.0 Å². The van der Waals surface area contributed by atoms with Crippen LogP contribution in [0.15, 0.2) is 65.5 Å². The highest BCUT2D eigenvalue weighted by molar-refractivity contribution is 6.30. The Bertz CT molecular complexity index is 1050. The minimum atomic E-state index is -0.331. The minimum absolute atomic E-state index is 0.223. The molecular formula is C18H13ClN4O2. The number of amides is 1. The molecule has 1 N–H and O–H groups in total. The second-order valence-electron chi connectivity index (χ2n) is 5.46. The van der Waals surface area contributed by atoms with E-state index in [4.69, 9.17) is 16.0 Å². The highest BCUT2D eigenvalue weighted by atomic mass is 35.5. The molecule has 4 aromatic rings. The van der Waals surface area contributed by atoms with E-state index in [9.17, 15) is 4.79 Å². The van der Waals surface area contributed by atoms with Gasteiger partial charge < -0.3 is 9.73 Å². The van der Waals surface area contributed by atoms with Gasteiger partial charge in [-0.05, 0) is 24.3 Å². The molecular weight excluding hydrogens is 340 g/mol. The van der Waals surface area contributed by atoms with Crippen molar-refractivity contribution >= 4 is 34.1 Å². The summed E-state index contributed by atoms with van der Waals surface area (Å²) < 4.78 is 7.24. The second-order valence-corrected chi connectivity index (χ2v) is 5.89. The summed E-state index contributed by atoms with van der Waals surface area (Å²) in [5, 5.41) is 8.43. The van der Waals surface area contributed by atoms with Crippen LogP contribution in [-0.4, -0.2) is 20.7 Å². The number of benzene rings is 1. The van der Waals surface area contributed by atoms with Crippen LogP contribution >= 0.6 is 11.6 Å². The van der Waals surface area contributed by atoms with Crippen molar-refractivity contribution < 1.29 is 9.21 Å². The van der Waals surface area contributed by atoms with Crippen LogP contribution in [0.5, 0.6) is 0 Å². The van der Waals surface area contributed by atoms with Crippen molar-refractivity contribution in [1.29, 1.82) is 0 Å². The summed E-state index contributed by atoms with van der Waals surface area (Å²) in [6, 6.07) is 12.8. The van der Waals surface area contributed by atoms with Gasteiger partial charge in [0.15, 0.2) is 5.76 Å². The fraction of sp³-hybridized carbons (Fsp3) is 0.0556. The molecule has 1 aromatic carbocycles. The molecule has 0 fully saturated rings. The van der Waals surface area contributed by atoms with E-state index in [-0.39, 0.29) is 11.7 Å². The Morgan fingerprint density at radius 3 is 2.92 bits per heavy atom. The zero-order valence-electron chi connectivity index (χ0n) is 13.0. The number of nitrogens with zero attached hydrogens (tertiary/aromatic N) is 3. The number of aromatic nitrogens is 3. The van der Waals surface area contributed by atoms with E-state index < -0.39 is 0 Å². The van der Waals surface area contributed by atoms with Crippen LogP contribution in [-0.2, 0) is 6.54 Å². The third-order valence-corrected chi connectivity index (χ3v) is 3.88. The molecule has 0 saturated carbocycles. The predicted molar refractivity (Wildman–Crippen MR) is 94.7 cm³/mol. The molecule has 1 amide bonds. The number of nitrogens with one attached hydrogen (secondary N) is 1. The third kappa shape index (κ3) is 3.25. The van der Waals surface area contributed by atoms with Crippen molar-refractivity contribution in [1.82, 2.24) is 14.8 Å². The highest BCUT2D eigenvalue weighted by Crippen LogP contribution is 2.21. The molecule has 6 nitrogen and oxygen atoms in total. The van der Waals surface area contributed by atoms with E-state index in [0.717, 1.165) is 10.9 Å². The standard InChI is InChI=1S/C18H13ClN4O2/c19-13-9-21-23(10-13)11-14-6-7-16(25-14)18(24)22-15-5-1-3-12-4-2-8-20-17(12)15/h1-10H,11H2,(H,22,24). The SMILES string of the molecule is O=C(Nc1cccc2cccnc12)c1ccc(Cn2cc(Cl)cn2)o1. The number of carbonyl (C=O) groups excluding carboxylic acids is 1. The van der Waals surface area contributed by atoms with Crippen molar-refractivity contribution in [2.24, 2.45) is 0 Å². The first-order valence-electron chi connectivity index (χ1n) is 7.61. The number of para-hydroxylation sites is 1. The average molecular weight is 353 g/mol. The first kappa shape index (κ1) is 15.4. The number of hydrogen-bond acceptors (Lipinski definition) is 4. The zero-order valence-corrected chi connectivity index (χ0v) is 13.8. The quantitative estimate of drug-likeness (QED) is 0.603. The van der Waals surface area contributed by atoms with Gasteiger partial charge in [-0.3, -0.25) is 14.5 Å². The van der Waals surface area contributed by atoms with Crippen molar-refractivity contribution in [3.8, 4) is 0 Å². The van der Waals surface area contributed by atoms with E-state index in [1.54, 1.807) is 35.4 Å². The van der Waals surface area contributed by atoms with Crippen LogP contribution in [0.4, 0.5) is 5.69 Å². The smallest absolute Gasteiger partial charge is 0.291 e. The first-order chi connectivity index (χ1) is 12.2. The van der Waals surface area contributed by atoms with Crippen LogP contribution in [0, 0.1) is 0 Å². The molecule has 0 atom stereocenters. The molecule has 4 rings (SSSR count). The molecule has 0 saturated heterocycles. The molecule has 3 heterocycles. The van der Waals surface area contributed by atoms with E-state index in [1.165, 1.54) is 0 Å². The monoisotopic (exact) mass is 352 g/mol. The third-order valence-electron chi connectivity index (χ3n) is 3.69. The Labute approximate surface area is 148 Å². The zero-order chi connectivity index (χ0) is 17.2. The summed E-state index contributed by atoms with van der Waals surface area (Å²) in [7, 11) is 0. The minimum Gasteiger partial charge on any atom is -0.454 e. The number of rotatable bonds is 4. The number of furan rings is 1. The Morgan fingerprint density at radius 1 is 1.20 bits per heavy atom. The number of carbonyl (C=O) groups is 1. The summed E-state index contributed by atoms with van der Waals surface area (Å²) in [6.07, 6.45) is 4.93. The Morgan fingerprint density at radius 2 is 2.08 bits per heavy atom. The van der Waals surface area contributed by atoms with Gasteiger partial charge in [-0.25, -0.2) is 0 Å². The number of fused-ring (bicyclic) bond motifs is 1. The summed E-state index contributed by atoms with van der Waals surface area (Å²) in [6.45, 7) is 0.399. The fourth-order valence-corrected chi connectivity index (χ4v) is 2.71. The van der Waals surface area contributed by atoms with Gasteiger partial charge in [0, 0.05) is 17.8 Å². The Hall–Kier alpha value is -3.12. The molecule has 0 radical (unpaired) electrons. The van der Waals surface area contributed by atoms with Gasteiger partial charge in [0.05, 0.1) is 29.0 Å². The van der Waals surface area contributed by atoms with E-state index in [2.05, 4.69) is 15.4 Å². The lowest BCUT2D eigenvalue weighted by Crippen LogP contribution is -2.11. The maximum absolute atomic E-state index is 12.5. The van der Waals surface area contributed by atoms with E-state index >= 15 is 0 Å². The van der Waals surface area contributed by atoms with Crippen LogP contribution < -0.4 is 5.32 Å². The van der Waals surface area contributed by atoms with Gasteiger partial charge in [0.25, 0.3) is 5.91 Å². The number of halogens is 1. The van der Waals surface area contributed by atoms with Crippen molar-refractivity contribution in [2.45, 2.75) is 6.54 Å². The van der Waals surface area contributed by atoms with Crippen LogP contribution in [0.1, 0.15) is 16.3 Å². The average Bonchev–Trinajstić information content (AvgIpc) is 3.25. The van der Waals surface area contributed by atoms with Gasteiger partial charge in [0.1, 0.15) is 5.76 Å². The normalized spacial score (nSPS) is 10.9. The van der Waals surface area contributed by atoms with Gasteiger partial charge in [-0.1, -0.05) is 29.8 Å². The lowest BCUT2D eigenvalue weighted by molar-refractivity contribution is 0.0995. The second kappa shape index (κ2) is 6.41. The lowest BCUT2D eigenvalue weighted by atomic mass is 10.2. The predicted octanol–water partition coefficient (Wildman–Crippen LogP) is 3.98. The van der Waals surface area contributed by atoms with Crippen molar-refractivity contribution in [3.63, 3.8) is 0 Å². The van der Waals surface area contributed by atoms with Gasteiger partial charge in [-0.2, -0.15) is 5.10 Å². The van der Waals surface area contributed by atoms with E-state index in [0.29, 0.717) is 23.0 Å². The largest absolute Gasteiger partial charge is 0.454 e. The molecule has 3 aromatic heterocycles. The van der Waals surface area contributed by atoms with Crippen molar-refractivity contribution in [3.05, 3.63) is 77.6 Å². The highest BCUT2D eigenvalue weighted by Gasteiger charge is 2.13. The Balaban J connectivity index is 1.53. The fourth-order valence-electron chi connectivity index (χ4n) is 2.56. The lowest BCUT2D eigenvalue weighted by Gasteiger charge is -2.06. The maximum atomic E-state index is 12.5. The number of anilines is 1. The summed E-state index contributed by atoms with van der Waals surface area (Å²) >= 11 is 5.84. The number of pyridine rings is 1. The molecule has 0 bridgehead atoms. The molecule has 0 aliphatic heterocycles. The molecule has 0 aliphatic carbocycles. The number of hydrogen-bond donors (Lipinski definition) is 1. The molecule has 25 heavy (non-hydrogen) atoms. The molecule has 0 unspecified atom stereocenters. The molecule has 7 heteroatoms. The Kier molecular flexibility index (Phi) is 3.95.